The highest BCUT2D eigenvalue weighted by Gasteiger charge is 2.23. The summed E-state index contributed by atoms with van der Waals surface area (Å²) in [7, 11) is 0. The molecule has 70 valence electrons. The molecular formula is C9H16O3. The molecule has 2 unspecified atom stereocenters. The van der Waals surface area contributed by atoms with Crippen molar-refractivity contribution in [2.45, 2.75) is 25.7 Å². The Balaban J connectivity index is 2.01. The molecule has 0 aromatic rings. The van der Waals surface area contributed by atoms with Crippen LogP contribution in [-0.2, 0) is 14.2 Å². The number of rotatable bonds is 7. The molecule has 1 rings (SSSR count). The van der Waals surface area contributed by atoms with Crippen LogP contribution in [0.1, 0.15) is 13.3 Å². The Kier molecular flexibility index (Phi) is 4.29. The summed E-state index contributed by atoms with van der Waals surface area (Å²) in [5.41, 5.74) is 0. The van der Waals surface area contributed by atoms with Crippen molar-refractivity contribution in [3.8, 4) is 0 Å². The second-order valence-corrected chi connectivity index (χ2v) is 2.75. The third kappa shape index (κ3) is 3.85. The Bertz CT molecular complexity index is 132. The summed E-state index contributed by atoms with van der Waals surface area (Å²) in [5, 5.41) is 0. The van der Waals surface area contributed by atoms with E-state index < -0.39 is 0 Å². The van der Waals surface area contributed by atoms with Crippen molar-refractivity contribution in [2.75, 3.05) is 19.8 Å². The van der Waals surface area contributed by atoms with Gasteiger partial charge in [-0.1, -0.05) is 13.0 Å². The van der Waals surface area contributed by atoms with Crippen molar-refractivity contribution in [3.63, 3.8) is 0 Å². The Labute approximate surface area is 73.3 Å². The van der Waals surface area contributed by atoms with Crippen LogP contribution in [0.5, 0.6) is 0 Å². The van der Waals surface area contributed by atoms with E-state index in [1.807, 2.05) is 6.92 Å². The van der Waals surface area contributed by atoms with Crippen LogP contribution < -0.4 is 0 Å². The highest BCUT2D eigenvalue weighted by atomic mass is 16.7. The van der Waals surface area contributed by atoms with Crippen molar-refractivity contribution < 1.29 is 14.2 Å². The van der Waals surface area contributed by atoms with E-state index in [1.165, 1.54) is 0 Å². The first kappa shape index (κ1) is 9.71. The van der Waals surface area contributed by atoms with Gasteiger partial charge in [-0.3, -0.25) is 0 Å². The zero-order chi connectivity index (χ0) is 8.81. The van der Waals surface area contributed by atoms with Crippen LogP contribution in [0.2, 0.25) is 0 Å². The average Bonchev–Trinajstić information content (AvgIpc) is 2.89. The molecule has 0 amide bonds. The molecule has 1 fully saturated rings. The van der Waals surface area contributed by atoms with E-state index in [1.54, 1.807) is 6.08 Å². The van der Waals surface area contributed by atoms with Gasteiger partial charge in [0.25, 0.3) is 0 Å². The van der Waals surface area contributed by atoms with E-state index in [-0.39, 0.29) is 6.29 Å². The summed E-state index contributed by atoms with van der Waals surface area (Å²) in [4.78, 5) is 0. The molecule has 0 N–H and O–H groups in total. The van der Waals surface area contributed by atoms with Gasteiger partial charge >= 0.3 is 0 Å². The second-order valence-electron chi connectivity index (χ2n) is 2.75. The maximum Gasteiger partial charge on any atom is 0.157 e. The predicted molar refractivity (Wildman–Crippen MR) is 45.9 cm³/mol. The molecule has 0 saturated carbocycles. The summed E-state index contributed by atoms with van der Waals surface area (Å²) in [6, 6.07) is 0. The molecule has 0 spiro atoms. The third-order valence-electron chi connectivity index (χ3n) is 1.60. The molecule has 12 heavy (non-hydrogen) atoms. The first-order valence-electron chi connectivity index (χ1n) is 4.32. The van der Waals surface area contributed by atoms with Crippen molar-refractivity contribution in [2.24, 2.45) is 0 Å². The van der Waals surface area contributed by atoms with Crippen molar-refractivity contribution in [1.29, 1.82) is 0 Å². The van der Waals surface area contributed by atoms with Crippen LogP contribution in [0.3, 0.4) is 0 Å². The summed E-state index contributed by atoms with van der Waals surface area (Å²) in [6.07, 6.45) is 2.79. The second kappa shape index (κ2) is 5.30. The van der Waals surface area contributed by atoms with Gasteiger partial charge in [-0.25, -0.2) is 0 Å². The lowest BCUT2D eigenvalue weighted by Crippen LogP contribution is -2.18. The first-order valence-corrected chi connectivity index (χ1v) is 4.32. The number of hydrogen-bond acceptors (Lipinski definition) is 3. The smallest absolute Gasteiger partial charge is 0.157 e. The standard InChI is InChI=1S/C9H16O3/c1-3-5-10-9(4-2)12-7-8-6-11-8/h3,8-9H,1,4-7H2,2H3. The Hall–Kier alpha value is -0.380. The molecular weight excluding hydrogens is 156 g/mol. The molecule has 3 nitrogen and oxygen atoms in total. The minimum absolute atomic E-state index is 0.104. The van der Waals surface area contributed by atoms with Crippen LogP contribution in [-0.4, -0.2) is 32.2 Å². The van der Waals surface area contributed by atoms with Gasteiger partial charge in [0.05, 0.1) is 19.8 Å². The molecule has 1 heterocycles. The van der Waals surface area contributed by atoms with Crippen LogP contribution in [0.4, 0.5) is 0 Å². The van der Waals surface area contributed by atoms with E-state index in [0.717, 1.165) is 13.0 Å². The third-order valence-corrected chi connectivity index (χ3v) is 1.60. The van der Waals surface area contributed by atoms with Gasteiger partial charge in [0.1, 0.15) is 6.10 Å². The van der Waals surface area contributed by atoms with Gasteiger partial charge < -0.3 is 14.2 Å². The maximum atomic E-state index is 5.42. The van der Waals surface area contributed by atoms with E-state index in [9.17, 15) is 0 Å². The molecule has 0 radical (unpaired) electrons. The Morgan fingerprint density at radius 1 is 1.67 bits per heavy atom. The lowest BCUT2D eigenvalue weighted by Gasteiger charge is -2.14. The fourth-order valence-electron chi connectivity index (χ4n) is 0.838. The molecule has 3 heteroatoms. The van der Waals surface area contributed by atoms with Gasteiger partial charge in [0.15, 0.2) is 6.29 Å². The molecule has 1 saturated heterocycles. The van der Waals surface area contributed by atoms with E-state index >= 15 is 0 Å². The quantitative estimate of drug-likeness (QED) is 0.330. The highest BCUT2D eigenvalue weighted by Crippen LogP contribution is 2.11. The van der Waals surface area contributed by atoms with Gasteiger partial charge in [-0.15, -0.1) is 6.58 Å². The van der Waals surface area contributed by atoms with Crippen LogP contribution >= 0.6 is 0 Å². The predicted octanol–water partition coefficient (Wildman–Crippen LogP) is 1.34. The van der Waals surface area contributed by atoms with E-state index in [2.05, 4.69) is 6.58 Å². The van der Waals surface area contributed by atoms with Gasteiger partial charge in [-0.2, -0.15) is 0 Å². The molecule has 0 aromatic carbocycles. The summed E-state index contributed by atoms with van der Waals surface area (Å²) < 4.78 is 15.8. The summed E-state index contributed by atoms with van der Waals surface area (Å²) in [6.45, 7) is 7.62. The number of ether oxygens (including phenoxy) is 3. The lowest BCUT2D eigenvalue weighted by atomic mass is 10.4. The molecule has 0 bridgehead atoms. The van der Waals surface area contributed by atoms with Gasteiger partial charge in [0.2, 0.25) is 0 Å². The molecule has 2 atom stereocenters. The van der Waals surface area contributed by atoms with Crippen molar-refractivity contribution in [3.05, 3.63) is 12.7 Å². The lowest BCUT2D eigenvalue weighted by molar-refractivity contribution is -0.138. The fourth-order valence-corrected chi connectivity index (χ4v) is 0.838. The minimum atomic E-state index is -0.104. The molecule has 1 aliphatic rings. The average molecular weight is 172 g/mol. The highest BCUT2D eigenvalue weighted by molar-refractivity contribution is 4.68. The topological polar surface area (TPSA) is 31.0 Å². The maximum absolute atomic E-state index is 5.42. The number of epoxide rings is 1. The van der Waals surface area contributed by atoms with Crippen LogP contribution in [0.15, 0.2) is 12.7 Å². The largest absolute Gasteiger partial charge is 0.371 e. The Morgan fingerprint density at radius 3 is 2.92 bits per heavy atom. The van der Waals surface area contributed by atoms with E-state index in [0.29, 0.717) is 19.3 Å². The monoisotopic (exact) mass is 172 g/mol. The van der Waals surface area contributed by atoms with Crippen LogP contribution in [0.25, 0.3) is 0 Å². The van der Waals surface area contributed by atoms with Crippen molar-refractivity contribution >= 4 is 0 Å². The summed E-state index contributed by atoms with van der Waals surface area (Å²) in [5.74, 6) is 0. The zero-order valence-electron chi connectivity index (χ0n) is 7.49. The fraction of sp³-hybridized carbons (Fsp3) is 0.778. The molecule has 0 aromatic heterocycles. The molecule has 0 aliphatic carbocycles. The summed E-state index contributed by atoms with van der Waals surface area (Å²) >= 11 is 0. The normalized spacial score (nSPS) is 23.6. The van der Waals surface area contributed by atoms with Gasteiger partial charge in [-0.05, 0) is 6.42 Å². The van der Waals surface area contributed by atoms with Crippen molar-refractivity contribution in [1.82, 2.24) is 0 Å². The van der Waals surface area contributed by atoms with Crippen LogP contribution in [0, 0.1) is 0 Å². The van der Waals surface area contributed by atoms with E-state index in [4.69, 9.17) is 14.2 Å². The minimum Gasteiger partial charge on any atom is -0.371 e. The zero-order valence-corrected chi connectivity index (χ0v) is 7.49. The Morgan fingerprint density at radius 2 is 2.42 bits per heavy atom. The number of hydrogen-bond donors (Lipinski definition) is 0. The molecule has 1 aliphatic heterocycles. The van der Waals surface area contributed by atoms with Gasteiger partial charge in [0, 0.05) is 0 Å². The SMILES string of the molecule is C=CCOC(CC)OCC1CO1. The first-order chi connectivity index (χ1) is 5.86.